The largest absolute Gasteiger partial charge is 0.385 e. The maximum atomic E-state index is 9.11. The number of ether oxygens (including phenoxy) is 1. The summed E-state index contributed by atoms with van der Waals surface area (Å²) in [6.07, 6.45) is 3.06. The standard InChI is InChI=1S/C12H24N2OS/c1-4-7-14-12(2,11-13)6-10-16-9-5-8-15-3/h14H,4-10H2,1-3H3. The van der Waals surface area contributed by atoms with Gasteiger partial charge in [-0.1, -0.05) is 6.92 Å². The van der Waals surface area contributed by atoms with Crippen LogP contribution in [-0.4, -0.2) is 37.3 Å². The second kappa shape index (κ2) is 9.95. The lowest BCUT2D eigenvalue weighted by Crippen LogP contribution is -2.41. The maximum Gasteiger partial charge on any atom is 0.104 e. The van der Waals surface area contributed by atoms with Crippen molar-refractivity contribution < 1.29 is 4.74 Å². The van der Waals surface area contributed by atoms with E-state index in [2.05, 4.69) is 18.3 Å². The molecular formula is C12H24N2OS. The van der Waals surface area contributed by atoms with Crippen LogP contribution in [-0.2, 0) is 4.74 Å². The highest BCUT2D eigenvalue weighted by molar-refractivity contribution is 7.99. The minimum atomic E-state index is -0.357. The molecule has 0 aromatic carbocycles. The summed E-state index contributed by atoms with van der Waals surface area (Å²) < 4.78 is 4.99. The lowest BCUT2D eigenvalue weighted by Gasteiger charge is -2.22. The Hall–Kier alpha value is -0.240. The first-order chi connectivity index (χ1) is 7.68. The molecule has 94 valence electrons. The zero-order chi connectivity index (χ0) is 12.3. The zero-order valence-corrected chi connectivity index (χ0v) is 11.5. The number of hydrogen-bond donors (Lipinski definition) is 1. The summed E-state index contributed by atoms with van der Waals surface area (Å²) in [5.41, 5.74) is -0.357. The average Bonchev–Trinajstić information content (AvgIpc) is 2.31. The minimum Gasteiger partial charge on any atom is -0.385 e. The van der Waals surface area contributed by atoms with Gasteiger partial charge < -0.3 is 4.74 Å². The first-order valence-corrected chi connectivity index (χ1v) is 7.07. The van der Waals surface area contributed by atoms with Crippen molar-refractivity contribution in [3.8, 4) is 6.07 Å². The van der Waals surface area contributed by atoms with Crippen LogP contribution < -0.4 is 5.32 Å². The third-order valence-electron chi connectivity index (χ3n) is 2.40. The number of nitrogens with one attached hydrogen (secondary N) is 1. The van der Waals surface area contributed by atoms with E-state index in [9.17, 15) is 0 Å². The quantitative estimate of drug-likeness (QED) is 0.600. The summed E-state index contributed by atoms with van der Waals surface area (Å²) in [6, 6.07) is 2.37. The van der Waals surface area contributed by atoms with E-state index in [0.29, 0.717) is 0 Å². The molecule has 0 heterocycles. The Morgan fingerprint density at radius 3 is 2.75 bits per heavy atom. The Morgan fingerprint density at radius 2 is 2.19 bits per heavy atom. The third-order valence-corrected chi connectivity index (χ3v) is 3.47. The molecule has 1 unspecified atom stereocenters. The van der Waals surface area contributed by atoms with Crippen molar-refractivity contribution in [3.63, 3.8) is 0 Å². The van der Waals surface area contributed by atoms with Crippen LogP contribution in [0.2, 0.25) is 0 Å². The van der Waals surface area contributed by atoms with E-state index in [0.717, 1.165) is 43.9 Å². The summed E-state index contributed by atoms with van der Waals surface area (Å²) in [7, 11) is 1.73. The molecule has 0 aromatic rings. The highest BCUT2D eigenvalue weighted by Crippen LogP contribution is 2.14. The SMILES string of the molecule is CCCNC(C)(C#N)CCSCCCOC. The Labute approximate surface area is 104 Å². The fourth-order valence-corrected chi connectivity index (χ4v) is 2.35. The van der Waals surface area contributed by atoms with Gasteiger partial charge >= 0.3 is 0 Å². The van der Waals surface area contributed by atoms with Crippen LogP contribution >= 0.6 is 11.8 Å². The Bertz CT molecular complexity index is 206. The highest BCUT2D eigenvalue weighted by atomic mass is 32.2. The van der Waals surface area contributed by atoms with Gasteiger partial charge in [0.05, 0.1) is 6.07 Å². The molecule has 4 heteroatoms. The number of thioether (sulfide) groups is 1. The summed E-state index contributed by atoms with van der Waals surface area (Å²) in [5, 5.41) is 12.4. The molecule has 0 radical (unpaired) electrons. The molecule has 0 saturated carbocycles. The van der Waals surface area contributed by atoms with E-state index < -0.39 is 0 Å². The topological polar surface area (TPSA) is 45.0 Å². The van der Waals surface area contributed by atoms with Gasteiger partial charge in [-0.2, -0.15) is 17.0 Å². The van der Waals surface area contributed by atoms with Gasteiger partial charge in [0, 0.05) is 13.7 Å². The molecule has 16 heavy (non-hydrogen) atoms. The number of rotatable bonds is 10. The molecule has 0 aromatic heterocycles. The van der Waals surface area contributed by atoms with Crippen LogP contribution in [0.1, 0.15) is 33.1 Å². The van der Waals surface area contributed by atoms with Crippen LogP contribution in [0.3, 0.4) is 0 Å². The van der Waals surface area contributed by atoms with Crippen molar-refractivity contribution in [2.24, 2.45) is 0 Å². The molecule has 1 atom stereocenters. The highest BCUT2D eigenvalue weighted by Gasteiger charge is 2.21. The fraction of sp³-hybridized carbons (Fsp3) is 0.917. The lowest BCUT2D eigenvalue weighted by molar-refractivity contribution is 0.200. The monoisotopic (exact) mass is 244 g/mol. The smallest absolute Gasteiger partial charge is 0.104 e. The Balaban J connectivity index is 3.58. The second-order valence-electron chi connectivity index (χ2n) is 4.08. The predicted molar refractivity (Wildman–Crippen MR) is 70.7 cm³/mol. The van der Waals surface area contributed by atoms with Gasteiger partial charge in [0.1, 0.15) is 5.54 Å². The van der Waals surface area contributed by atoms with E-state index >= 15 is 0 Å². The maximum absolute atomic E-state index is 9.11. The van der Waals surface area contributed by atoms with Crippen LogP contribution in [0.4, 0.5) is 0 Å². The molecule has 0 saturated heterocycles. The first kappa shape index (κ1) is 15.8. The van der Waals surface area contributed by atoms with Gasteiger partial charge in [-0.25, -0.2) is 0 Å². The molecule has 0 amide bonds. The van der Waals surface area contributed by atoms with Gasteiger partial charge in [-0.05, 0) is 44.2 Å². The van der Waals surface area contributed by atoms with Crippen molar-refractivity contribution >= 4 is 11.8 Å². The van der Waals surface area contributed by atoms with Crippen molar-refractivity contribution in [2.75, 3.05) is 31.8 Å². The number of nitrogens with zero attached hydrogens (tertiary/aromatic N) is 1. The number of hydrogen-bond acceptors (Lipinski definition) is 4. The Kier molecular flexibility index (Phi) is 9.80. The molecule has 0 spiro atoms. The van der Waals surface area contributed by atoms with Crippen molar-refractivity contribution in [1.82, 2.24) is 5.32 Å². The normalized spacial score (nSPS) is 14.4. The van der Waals surface area contributed by atoms with Crippen molar-refractivity contribution in [1.29, 1.82) is 5.26 Å². The van der Waals surface area contributed by atoms with Crippen LogP contribution in [0.25, 0.3) is 0 Å². The summed E-state index contributed by atoms with van der Waals surface area (Å²) in [5.74, 6) is 2.15. The second-order valence-corrected chi connectivity index (χ2v) is 5.30. The van der Waals surface area contributed by atoms with E-state index in [4.69, 9.17) is 10.00 Å². The molecule has 0 rings (SSSR count). The third kappa shape index (κ3) is 7.98. The summed E-state index contributed by atoms with van der Waals surface area (Å²) in [4.78, 5) is 0. The van der Waals surface area contributed by atoms with Gasteiger partial charge in [-0.15, -0.1) is 0 Å². The van der Waals surface area contributed by atoms with E-state index in [-0.39, 0.29) is 5.54 Å². The predicted octanol–water partition coefficient (Wildman–Crippen LogP) is 2.43. The molecular weight excluding hydrogens is 220 g/mol. The van der Waals surface area contributed by atoms with Crippen LogP contribution in [0.5, 0.6) is 0 Å². The first-order valence-electron chi connectivity index (χ1n) is 5.91. The van der Waals surface area contributed by atoms with E-state index in [1.54, 1.807) is 7.11 Å². The van der Waals surface area contributed by atoms with Crippen LogP contribution in [0, 0.1) is 11.3 Å². The Morgan fingerprint density at radius 1 is 1.44 bits per heavy atom. The van der Waals surface area contributed by atoms with Crippen molar-refractivity contribution in [2.45, 2.75) is 38.6 Å². The molecule has 0 aliphatic heterocycles. The van der Waals surface area contributed by atoms with Gasteiger partial charge in [0.2, 0.25) is 0 Å². The molecule has 0 fully saturated rings. The summed E-state index contributed by atoms with van der Waals surface area (Å²) >= 11 is 1.90. The fourth-order valence-electron chi connectivity index (χ4n) is 1.27. The van der Waals surface area contributed by atoms with Gasteiger partial charge in [-0.3, -0.25) is 5.32 Å². The van der Waals surface area contributed by atoms with E-state index in [1.807, 2.05) is 18.7 Å². The molecule has 0 aliphatic carbocycles. The minimum absolute atomic E-state index is 0.357. The average molecular weight is 244 g/mol. The molecule has 1 N–H and O–H groups in total. The van der Waals surface area contributed by atoms with Crippen LogP contribution in [0.15, 0.2) is 0 Å². The number of nitriles is 1. The molecule has 0 aliphatic rings. The zero-order valence-electron chi connectivity index (χ0n) is 10.7. The van der Waals surface area contributed by atoms with E-state index in [1.165, 1.54) is 0 Å². The lowest BCUT2D eigenvalue weighted by atomic mass is 10.0. The summed E-state index contributed by atoms with van der Waals surface area (Å²) in [6.45, 7) is 5.84. The van der Waals surface area contributed by atoms with Gasteiger partial charge in [0.25, 0.3) is 0 Å². The molecule has 3 nitrogen and oxygen atoms in total. The van der Waals surface area contributed by atoms with Crippen molar-refractivity contribution in [3.05, 3.63) is 0 Å². The molecule has 0 bridgehead atoms. The number of methoxy groups -OCH3 is 1. The van der Waals surface area contributed by atoms with Gasteiger partial charge in [0.15, 0.2) is 0 Å².